The number of anilines is 1. The van der Waals surface area contributed by atoms with E-state index in [9.17, 15) is 24.0 Å². The molecule has 0 bridgehead atoms. The molecular formula is C34H50BrN5O6. The first-order valence-corrected chi connectivity index (χ1v) is 17.7. The van der Waals surface area contributed by atoms with Crippen molar-refractivity contribution in [2.75, 3.05) is 25.3 Å². The van der Waals surface area contributed by atoms with Crippen molar-refractivity contribution in [3.63, 3.8) is 0 Å². The minimum absolute atomic E-state index is 0.148. The predicted octanol–water partition coefficient (Wildman–Crippen LogP) is 4.13. The number of hydroxylamine groups is 1. The monoisotopic (exact) mass is 703 g/mol. The lowest BCUT2D eigenvalue weighted by atomic mass is 9.91. The van der Waals surface area contributed by atoms with Crippen LogP contribution in [0.1, 0.15) is 103 Å². The van der Waals surface area contributed by atoms with Crippen molar-refractivity contribution in [3.05, 3.63) is 28.2 Å². The van der Waals surface area contributed by atoms with Crippen LogP contribution in [0.15, 0.2) is 22.7 Å². The summed E-state index contributed by atoms with van der Waals surface area (Å²) in [6.07, 6.45) is 6.43. The Balaban J connectivity index is 1.64. The van der Waals surface area contributed by atoms with Crippen molar-refractivity contribution in [2.45, 2.75) is 121 Å². The third-order valence-electron chi connectivity index (χ3n) is 9.80. The van der Waals surface area contributed by atoms with E-state index in [1.807, 2.05) is 39.0 Å². The molecule has 3 aliphatic heterocycles. The van der Waals surface area contributed by atoms with Crippen LogP contribution in [0, 0.1) is 5.92 Å². The number of benzene rings is 1. The van der Waals surface area contributed by atoms with Gasteiger partial charge in [0.05, 0.1) is 19.3 Å². The number of rotatable bonds is 12. The van der Waals surface area contributed by atoms with Crippen molar-refractivity contribution in [1.29, 1.82) is 0 Å². The Morgan fingerprint density at radius 2 is 1.74 bits per heavy atom. The van der Waals surface area contributed by atoms with E-state index in [1.54, 1.807) is 17.1 Å². The van der Waals surface area contributed by atoms with Crippen LogP contribution in [0.25, 0.3) is 0 Å². The molecule has 0 aliphatic carbocycles. The van der Waals surface area contributed by atoms with Gasteiger partial charge in [0.15, 0.2) is 0 Å². The van der Waals surface area contributed by atoms with Crippen molar-refractivity contribution in [3.8, 4) is 0 Å². The number of unbranched alkanes of at least 4 members (excludes halogenated alkanes) is 2. The number of fused-ring (bicyclic) bond motifs is 2. The fourth-order valence-corrected chi connectivity index (χ4v) is 7.16. The Bertz CT molecular complexity index is 1280. The van der Waals surface area contributed by atoms with E-state index in [0.717, 1.165) is 35.0 Å². The van der Waals surface area contributed by atoms with Crippen LogP contribution in [0.2, 0.25) is 0 Å². The first-order chi connectivity index (χ1) is 22.1. The summed E-state index contributed by atoms with van der Waals surface area (Å²) in [4.78, 5) is 74.9. The molecular weight excluding hydrogens is 654 g/mol. The molecule has 3 aliphatic rings. The summed E-state index contributed by atoms with van der Waals surface area (Å²) in [6, 6.07) is 2.52. The van der Waals surface area contributed by atoms with E-state index in [2.05, 4.69) is 31.9 Å². The Hall–Kier alpha value is -2.99. The maximum atomic E-state index is 14.1. The van der Waals surface area contributed by atoms with Gasteiger partial charge in [-0.05, 0) is 68.2 Å². The highest BCUT2D eigenvalue weighted by molar-refractivity contribution is 9.10. The normalized spacial score (nSPS) is 26.2. The average Bonchev–Trinajstić information content (AvgIpc) is 3.40. The zero-order valence-corrected chi connectivity index (χ0v) is 29.2. The van der Waals surface area contributed by atoms with Crippen molar-refractivity contribution in [2.24, 2.45) is 5.92 Å². The number of nitrogens with one attached hydrogen (secondary N) is 3. The quantitative estimate of drug-likeness (QED) is 0.279. The molecule has 12 heteroatoms. The lowest BCUT2D eigenvalue weighted by Gasteiger charge is -2.39. The molecule has 4 amide bonds. The predicted molar refractivity (Wildman–Crippen MR) is 179 cm³/mol. The van der Waals surface area contributed by atoms with Crippen LogP contribution in [0.5, 0.6) is 0 Å². The number of ketones is 1. The molecule has 0 saturated carbocycles. The molecule has 0 radical (unpaired) electrons. The Labute approximate surface area is 281 Å². The number of carbonyl (C=O) groups is 5. The summed E-state index contributed by atoms with van der Waals surface area (Å²) in [6.45, 7) is 6.65. The second-order valence-electron chi connectivity index (χ2n) is 12.9. The molecule has 1 aromatic carbocycles. The summed E-state index contributed by atoms with van der Waals surface area (Å²) in [5, 5.41) is 10.7. The molecule has 2 fully saturated rings. The summed E-state index contributed by atoms with van der Waals surface area (Å²) in [7, 11) is 1.60. The number of halogens is 1. The summed E-state index contributed by atoms with van der Waals surface area (Å²) in [5.74, 6) is -1.57. The van der Waals surface area contributed by atoms with E-state index in [-0.39, 0.29) is 35.9 Å². The van der Waals surface area contributed by atoms with Crippen LogP contribution in [-0.2, 0) is 28.8 Å². The molecule has 0 unspecified atom stereocenters. The number of Topliss-reactive ketones (excluding diaryl/α,β-unsaturated/α-hetero) is 1. The fourth-order valence-electron chi connectivity index (χ4n) is 6.78. The molecule has 0 spiro atoms. The second kappa shape index (κ2) is 16.7. The number of hydrogen-bond acceptors (Lipinski definition) is 7. The standard InChI is InChI=1S/C34H50BrN5O6/c1-5-21(3)30-34(45)39-17-11-10-14-29(39)33(44)36-26(13-9-7-8-12-24(41)6-2)31(42)37-27(32(43)38-30)18-22-20-40(46-4)28-16-15-23(35)19-25(22)28/h15-16,19,21-22,26-27,29-30H,5-14,17-18,20H2,1-4H3,(H,36,44)(H,37,42)(H,38,43)/t21-,22+,26-,27-,29+,30-/m0/s1. The number of carbonyl (C=O) groups excluding carboxylic acids is 5. The number of piperidine rings is 1. The lowest BCUT2D eigenvalue weighted by molar-refractivity contribution is -0.147. The van der Waals surface area contributed by atoms with Crippen molar-refractivity contribution in [1.82, 2.24) is 20.9 Å². The Kier molecular flexibility index (Phi) is 13.0. The molecule has 11 nitrogen and oxygen atoms in total. The van der Waals surface area contributed by atoms with Gasteiger partial charge in [0.1, 0.15) is 30.0 Å². The van der Waals surface area contributed by atoms with Gasteiger partial charge in [-0.15, -0.1) is 0 Å². The summed E-state index contributed by atoms with van der Waals surface area (Å²) >= 11 is 3.56. The molecule has 4 rings (SSSR count). The second-order valence-corrected chi connectivity index (χ2v) is 13.8. The van der Waals surface area contributed by atoms with Crippen LogP contribution >= 0.6 is 15.9 Å². The molecule has 3 N–H and O–H groups in total. The topological polar surface area (TPSA) is 137 Å². The minimum Gasteiger partial charge on any atom is -0.343 e. The van der Waals surface area contributed by atoms with E-state index >= 15 is 0 Å². The van der Waals surface area contributed by atoms with E-state index < -0.39 is 36.0 Å². The first kappa shape index (κ1) is 35.9. The molecule has 1 aromatic rings. The highest BCUT2D eigenvalue weighted by Crippen LogP contribution is 2.40. The molecule has 6 atom stereocenters. The van der Waals surface area contributed by atoms with Gasteiger partial charge in [0.25, 0.3) is 0 Å². The van der Waals surface area contributed by atoms with Gasteiger partial charge in [0, 0.05) is 29.8 Å². The smallest absolute Gasteiger partial charge is 0.246 e. The van der Waals surface area contributed by atoms with E-state index in [4.69, 9.17) is 4.84 Å². The van der Waals surface area contributed by atoms with E-state index in [1.165, 1.54) is 0 Å². The van der Waals surface area contributed by atoms with Crippen LogP contribution in [0.4, 0.5) is 5.69 Å². The molecule has 0 aromatic heterocycles. The van der Waals surface area contributed by atoms with Crippen LogP contribution < -0.4 is 21.0 Å². The van der Waals surface area contributed by atoms with Gasteiger partial charge in [-0.3, -0.25) is 33.9 Å². The number of amides is 4. The Morgan fingerprint density at radius 1 is 1.00 bits per heavy atom. The van der Waals surface area contributed by atoms with Gasteiger partial charge in [-0.1, -0.05) is 56.0 Å². The number of nitrogens with zero attached hydrogens (tertiary/aromatic N) is 2. The average molecular weight is 705 g/mol. The molecule has 2 saturated heterocycles. The molecule has 254 valence electrons. The van der Waals surface area contributed by atoms with Crippen LogP contribution in [0.3, 0.4) is 0 Å². The maximum Gasteiger partial charge on any atom is 0.246 e. The summed E-state index contributed by atoms with van der Waals surface area (Å²) in [5.41, 5.74) is 1.88. The summed E-state index contributed by atoms with van der Waals surface area (Å²) < 4.78 is 0.892. The fraction of sp³-hybridized carbons (Fsp3) is 0.676. The highest BCUT2D eigenvalue weighted by Gasteiger charge is 2.42. The largest absolute Gasteiger partial charge is 0.343 e. The molecule has 3 heterocycles. The SMILES string of the molecule is CCC(=O)CCCCC[C@@H]1NC(=O)[C@H]2CCCCN2C(=O)[C@H]([C@@H](C)CC)NC(=O)[C@H](C[C@@H]2CN(OC)c3ccc(Br)cc32)NC1=O. The number of hydrogen-bond donors (Lipinski definition) is 3. The zero-order valence-electron chi connectivity index (χ0n) is 27.6. The van der Waals surface area contributed by atoms with Gasteiger partial charge in [-0.25, -0.2) is 0 Å². The third-order valence-corrected chi connectivity index (χ3v) is 10.3. The van der Waals surface area contributed by atoms with Crippen LogP contribution in [-0.4, -0.2) is 78.7 Å². The molecule has 46 heavy (non-hydrogen) atoms. The van der Waals surface area contributed by atoms with Gasteiger partial charge in [0.2, 0.25) is 23.6 Å². The van der Waals surface area contributed by atoms with Gasteiger partial charge < -0.3 is 20.9 Å². The first-order valence-electron chi connectivity index (χ1n) is 16.9. The Morgan fingerprint density at radius 3 is 2.46 bits per heavy atom. The van der Waals surface area contributed by atoms with E-state index in [0.29, 0.717) is 58.0 Å². The van der Waals surface area contributed by atoms with Crippen molar-refractivity contribution < 1.29 is 28.8 Å². The van der Waals surface area contributed by atoms with Crippen molar-refractivity contribution >= 4 is 51.0 Å². The highest BCUT2D eigenvalue weighted by atomic mass is 79.9. The van der Waals surface area contributed by atoms with Gasteiger partial charge in [-0.2, -0.15) is 0 Å². The van der Waals surface area contributed by atoms with Gasteiger partial charge >= 0.3 is 0 Å². The maximum absolute atomic E-state index is 14.1. The lowest BCUT2D eigenvalue weighted by Crippen LogP contribution is -2.64. The minimum atomic E-state index is -0.960. The zero-order chi connectivity index (χ0) is 33.4. The third kappa shape index (κ3) is 8.67.